The highest BCUT2D eigenvalue weighted by Crippen LogP contribution is 2.31. The maximum Gasteiger partial charge on any atom is 0.416 e. The number of aromatic amines is 1. The molecule has 1 heterocycles. The number of alkyl halides is 3. The molecule has 1 fully saturated rings. The number of hydrogen-bond donors (Lipinski definition) is 2. The number of anilines is 1. The van der Waals surface area contributed by atoms with Crippen LogP contribution in [0.25, 0.3) is 11.0 Å². The Hall–Kier alpha value is -1.76. The summed E-state index contributed by atoms with van der Waals surface area (Å²) in [5.74, 6) is 0.540. The number of hydrogen-bond acceptors (Lipinski definition) is 3. The second kappa shape index (κ2) is 6.03. The first-order valence-corrected chi connectivity index (χ1v) is 7.84. The first kappa shape index (κ1) is 16.1. The van der Waals surface area contributed by atoms with Crippen LogP contribution in [0.1, 0.15) is 31.2 Å². The van der Waals surface area contributed by atoms with Crippen LogP contribution in [-0.2, 0) is 6.18 Å². The van der Waals surface area contributed by atoms with Crippen molar-refractivity contribution in [3.63, 3.8) is 0 Å². The summed E-state index contributed by atoms with van der Waals surface area (Å²) in [5.41, 5.74) is 0.279. The maximum atomic E-state index is 12.8. The zero-order valence-corrected chi connectivity index (χ0v) is 13.2. The van der Waals surface area contributed by atoms with E-state index in [2.05, 4.69) is 34.3 Å². The first-order chi connectivity index (χ1) is 10.8. The number of imidazole rings is 1. The lowest BCUT2D eigenvalue weighted by molar-refractivity contribution is -0.137. The van der Waals surface area contributed by atoms with E-state index in [4.69, 9.17) is 0 Å². The lowest BCUT2D eigenvalue weighted by atomic mass is 9.90. The van der Waals surface area contributed by atoms with E-state index in [1.165, 1.54) is 12.5 Å². The van der Waals surface area contributed by atoms with Crippen LogP contribution in [0.15, 0.2) is 18.2 Å². The molecule has 0 bridgehead atoms. The van der Waals surface area contributed by atoms with Gasteiger partial charge in [-0.15, -0.1) is 0 Å². The molecular weight excluding hydrogens is 305 g/mol. The Balaban J connectivity index is 1.83. The molecule has 0 unspecified atom stereocenters. The van der Waals surface area contributed by atoms with Crippen LogP contribution < -0.4 is 5.32 Å². The monoisotopic (exact) mass is 326 g/mol. The molecule has 2 atom stereocenters. The van der Waals surface area contributed by atoms with Crippen LogP contribution in [0.2, 0.25) is 0 Å². The van der Waals surface area contributed by atoms with E-state index in [0.717, 1.165) is 31.4 Å². The summed E-state index contributed by atoms with van der Waals surface area (Å²) in [6.45, 7) is 0. The largest absolute Gasteiger partial charge is 0.416 e. The molecule has 0 spiro atoms. The molecule has 0 radical (unpaired) electrons. The molecule has 23 heavy (non-hydrogen) atoms. The third-order valence-electron chi connectivity index (χ3n) is 4.52. The van der Waals surface area contributed by atoms with Crippen molar-refractivity contribution in [3.05, 3.63) is 23.8 Å². The summed E-state index contributed by atoms with van der Waals surface area (Å²) in [6.07, 6.45) is 0.166. The van der Waals surface area contributed by atoms with Gasteiger partial charge in [0.25, 0.3) is 0 Å². The Labute approximate surface area is 133 Å². The number of rotatable bonds is 3. The summed E-state index contributed by atoms with van der Waals surface area (Å²) in [6, 6.07) is 4.24. The Morgan fingerprint density at radius 1 is 1.22 bits per heavy atom. The first-order valence-electron chi connectivity index (χ1n) is 7.84. The summed E-state index contributed by atoms with van der Waals surface area (Å²) in [4.78, 5) is 9.54. The van der Waals surface area contributed by atoms with Crippen LogP contribution in [0, 0.1) is 0 Å². The lowest BCUT2D eigenvalue weighted by Crippen LogP contribution is -2.45. The Morgan fingerprint density at radius 3 is 2.65 bits per heavy atom. The molecule has 0 aliphatic heterocycles. The predicted octanol–water partition coefficient (Wildman–Crippen LogP) is 3.87. The fraction of sp³-hybridized carbons (Fsp3) is 0.562. The molecular formula is C16H21F3N4. The SMILES string of the molecule is CN(C)[C@@H]1CCCC[C@H]1Nc1nc2ccc(C(F)(F)F)cc2[nH]1. The molecule has 4 nitrogen and oxygen atoms in total. The van der Waals surface area contributed by atoms with E-state index in [1.54, 1.807) is 0 Å². The van der Waals surface area contributed by atoms with Gasteiger partial charge in [0, 0.05) is 12.1 Å². The molecule has 2 N–H and O–H groups in total. The van der Waals surface area contributed by atoms with E-state index in [0.29, 0.717) is 23.0 Å². The van der Waals surface area contributed by atoms with Crippen molar-refractivity contribution in [2.45, 2.75) is 43.9 Å². The molecule has 1 saturated carbocycles. The molecule has 1 aliphatic rings. The number of halogens is 3. The average molecular weight is 326 g/mol. The molecule has 126 valence electrons. The lowest BCUT2D eigenvalue weighted by Gasteiger charge is -2.36. The van der Waals surface area contributed by atoms with Crippen LogP contribution in [0.5, 0.6) is 0 Å². The number of aromatic nitrogens is 2. The molecule has 1 aromatic carbocycles. The van der Waals surface area contributed by atoms with Gasteiger partial charge in [-0.3, -0.25) is 0 Å². The number of nitrogens with one attached hydrogen (secondary N) is 2. The quantitative estimate of drug-likeness (QED) is 0.900. The second-order valence-corrected chi connectivity index (χ2v) is 6.38. The zero-order chi connectivity index (χ0) is 16.6. The van der Waals surface area contributed by atoms with Crippen LogP contribution in [-0.4, -0.2) is 41.0 Å². The van der Waals surface area contributed by atoms with Crippen molar-refractivity contribution in [2.75, 3.05) is 19.4 Å². The topological polar surface area (TPSA) is 44.0 Å². The van der Waals surface area contributed by atoms with Crippen molar-refractivity contribution >= 4 is 17.0 Å². The highest BCUT2D eigenvalue weighted by Gasteiger charge is 2.31. The third-order valence-corrected chi connectivity index (χ3v) is 4.52. The number of likely N-dealkylation sites (N-methyl/N-ethyl adjacent to an activating group) is 1. The fourth-order valence-corrected chi connectivity index (χ4v) is 3.33. The fourth-order valence-electron chi connectivity index (χ4n) is 3.33. The van der Waals surface area contributed by atoms with Crippen molar-refractivity contribution in [2.24, 2.45) is 0 Å². The number of nitrogens with zero attached hydrogens (tertiary/aromatic N) is 2. The van der Waals surface area contributed by atoms with Crippen LogP contribution in [0.3, 0.4) is 0 Å². The van der Waals surface area contributed by atoms with Crippen LogP contribution in [0.4, 0.5) is 19.1 Å². The summed E-state index contributed by atoms with van der Waals surface area (Å²) < 4.78 is 38.3. The Morgan fingerprint density at radius 2 is 1.96 bits per heavy atom. The van der Waals surface area contributed by atoms with Gasteiger partial charge in [-0.2, -0.15) is 13.2 Å². The van der Waals surface area contributed by atoms with E-state index in [-0.39, 0.29) is 6.04 Å². The highest BCUT2D eigenvalue weighted by molar-refractivity contribution is 5.78. The second-order valence-electron chi connectivity index (χ2n) is 6.38. The summed E-state index contributed by atoms with van der Waals surface area (Å²) >= 11 is 0. The van der Waals surface area contributed by atoms with Gasteiger partial charge in [0.05, 0.1) is 16.6 Å². The normalized spacial score (nSPS) is 22.7. The summed E-state index contributed by atoms with van der Waals surface area (Å²) in [5, 5.41) is 3.37. The maximum absolute atomic E-state index is 12.8. The molecule has 3 rings (SSSR count). The van der Waals surface area contributed by atoms with Gasteiger partial charge >= 0.3 is 6.18 Å². The van der Waals surface area contributed by atoms with E-state index in [9.17, 15) is 13.2 Å². The van der Waals surface area contributed by atoms with Gasteiger partial charge in [0.15, 0.2) is 0 Å². The van der Waals surface area contributed by atoms with Crippen molar-refractivity contribution < 1.29 is 13.2 Å². The smallest absolute Gasteiger partial charge is 0.351 e. The molecule has 0 saturated heterocycles. The average Bonchev–Trinajstić information content (AvgIpc) is 2.87. The Bertz CT molecular complexity index is 678. The minimum absolute atomic E-state index is 0.251. The number of H-pyrrole nitrogens is 1. The Kier molecular flexibility index (Phi) is 4.23. The van der Waals surface area contributed by atoms with E-state index >= 15 is 0 Å². The predicted molar refractivity (Wildman–Crippen MR) is 84.4 cm³/mol. The van der Waals surface area contributed by atoms with Gasteiger partial charge in [-0.1, -0.05) is 12.8 Å². The molecule has 1 aromatic heterocycles. The van der Waals surface area contributed by atoms with Crippen molar-refractivity contribution in [1.82, 2.24) is 14.9 Å². The zero-order valence-electron chi connectivity index (χ0n) is 13.2. The van der Waals surface area contributed by atoms with Crippen molar-refractivity contribution in [3.8, 4) is 0 Å². The van der Waals surface area contributed by atoms with Crippen LogP contribution >= 0.6 is 0 Å². The van der Waals surface area contributed by atoms with Gasteiger partial charge in [-0.05, 0) is 45.1 Å². The van der Waals surface area contributed by atoms with E-state index < -0.39 is 11.7 Å². The van der Waals surface area contributed by atoms with Gasteiger partial charge in [0.2, 0.25) is 5.95 Å². The van der Waals surface area contributed by atoms with E-state index in [1.807, 2.05) is 0 Å². The minimum Gasteiger partial charge on any atom is -0.351 e. The number of benzene rings is 1. The molecule has 0 amide bonds. The number of fused-ring (bicyclic) bond motifs is 1. The van der Waals surface area contributed by atoms with Gasteiger partial charge in [0.1, 0.15) is 0 Å². The highest BCUT2D eigenvalue weighted by atomic mass is 19.4. The summed E-state index contributed by atoms with van der Waals surface area (Å²) in [7, 11) is 4.11. The standard InChI is InChI=1S/C16H21F3N4/c1-23(2)14-6-4-3-5-12(14)21-15-20-11-8-7-10(16(17,18)19)9-13(11)22-15/h7-9,12,14H,3-6H2,1-2H3,(H2,20,21,22)/t12-,14-/m1/s1. The van der Waals surface area contributed by atoms with Gasteiger partial charge < -0.3 is 15.2 Å². The molecule has 1 aliphatic carbocycles. The molecule has 7 heteroatoms. The van der Waals surface area contributed by atoms with Gasteiger partial charge in [-0.25, -0.2) is 4.98 Å². The molecule has 2 aromatic rings. The van der Waals surface area contributed by atoms with Crippen molar-refractivity contribution in [1.29, 1.82) is 0 Å². The minimum atomic E-state index is -4.34. The third kappa shape index (κ3) is 3.44.